The molecule has 0 unspecified atom stereocenters. The molecule has 0 aromatic heterocycles. The van der Waals surface area contributed by atoms with E-state index in [2.05, 4.69) is 29.0 Å². The van der Waals surface area contributed by atoms with Gasteiger partial charge in [-0.05, 0) is 28.7 Å². The summed E-state index contributed by atoms with van der Waals surface area (Å²) in [4.78, 5) is 10.4. The molecule has 0 saturated heterocycles. The van der Waals surface area contributed by atoms with Crippen molar-refractivity contribution in [3.63, 3.8) is 0 Å². The molecule has 3 nitrogen and oxygen atoms in total. The van der Waals surface area contributed by atoms with Gasteiger partial charge in [-0.15, -0.1) is 0 Å². The SMILES string of the molecule is O=C(O)OCCC1c2ccccc2-c2ccccc21. The Morgan fingerprint density at radius 1 is 1.00 bits per heavy atom. The molecular formula is C16H14O3. The van der Waals surface area contributed by atoms with E-state index in [9.17, 15) is 4.79 Å². The molecule has 0 saturated carbocycles. The number of rotatable bonds is 3. The number of hydrogen-bond donors (Lipinski definition) is 1. The van der Waals surface area contributed by atoms with Crippen LogP contribution in [0.5, 0.6) is 0 Å². The van der Waals surface area contributed by atoms with E-state index in [1.165, 1.54) is 22.3 Å². The van der Waals surface area contributed by atoms with Crippen molar-refractivity contribution >= 4 is 6.16 Å². The molecule has 2 aromatic carbocycles. The van der Waals surface area contributed by atoms with Crippen LogP contribution in [0.15, 0.2) is 48.5 Å². The summed E-state index contributed by atoms with van der Waals surface area (Å²) in [6, 6.07) is 16.6. The first-order valence-electron chi connectivity index (χ1n) is 6.31. The van der Waals surface area contributed by atoms with Crippen molar-refractivity contribution in [3.05, 3.63) is 59.7 Å². The first-order valence-corrected chi connectivity index (χ1v) is 6.31. The average molecular weight is 254 g/mol. The normalized spacial score (nSPS) is 12.8. The molecule has 2 aromatic rings. The van der Waals surface area contributed by atoms with Crippen molar-refractivity contribution in [3.8, 4) is 11.1 Å². The van der Waals surface area contributed by atoms with Crippen LogP contribution in [0, 0.1) is 0 Å². The predicted molar refractivity (Wildman–Crippen MR) is 72.3 cm³/mol. The van der Waals surface area contributed by atoms with Gasteiger partial charge < -0.3 is 9.84 Å². The number of hydrogen-bond acceptors (Lipinski definition) is 2. The fourth-order valence-electron chi connectivity index (χ4n) is 2.83. The molecule has 1 aliphatic rings. The summed E-state index contributed by atoms with van der Waals surface area (Å²) >= 11 is 0. The van der Waals surface area contributed by atoms with Crippen LogP contribution in [-0.2, 0) is 4.74 Å². The Morgan fingerprint density at radius 3 is 2.05 bits per heavy atom. The lowest BCUT2D eigenvalue weighted by Crippen LogP contribution is -2.06. The van der Waals surface area contributed by atoms with E-state index in [1.807, 2.05) is 24.3 Å². The topological polar surface area (TPSA) is 46.5 Å². The van der Waals surface area contributed by atoms with E-state index < -0.39 is 6.16 Å². The largest absolute Gasteiger partial charge is 0.505 e. The highest BCUT2D eigenvalue weighted by Crippen LogP contribution is 2.45. The molecule has 0 heterocycles. The van der Waals surface area contributed by atoms with Gasteiger partial charge in [0.1, 0.15) is 0 Å². The molecule has 3 rings (SSSR count). The minimum absolute atomic E-state index is 0.225. The van der Waals surface area contributed by atoms with Gasteiger partial charge in [-0.25, -0.2) is 4.79 Å². The van der Waals surface area contributed by atoms with E-state index in [-0.39, 0.29) is 12.5 Å². The molecule has 0 atom stereocenters. The Labute approximate surface area is 111 Å². The number of carbonyl (C=O) groups is 1. The third-order valence-electron chi connectivity index (χ3n) is 3.59. The zero-order valence-electron chi connectivity index (χ0n) is 10.4. The van der Waals surface area contributed by atoms with Crippen LogP contribution >= 0.6 is 0 Å². The molecule has 96 valence electrons. The Balaban J connectivity index is 1.93. The summed E-state index contributed by atoms with van der Waals surface area (Å²) in [5, 5.41) is 8.56. The number of ether oxygens (including phenoxy) is 1. The van der Waals surface area contributed by atoms with E-state index in [4.69, 9.17) is 5.11 Å². The van der Waals surface area contributed by atoms with Crippen LogP contribution in [0.1, 0.15) is 23.5 Å². The highest BCUT2D eigenvalue weighted by Gasteiger charge is 2.27. The highest BCUT2D eigenvalue weighted by molar-refractivity contribution is 5.78. The maximum absolute atomic E-state index is 10.4. The molecule has 1 N–H and O–H groups in total. The van der Waals surface area contributed by atoms with Crippen LogP contribution in [-0.4, -0.2) is 17.9 Å². The lowest BCUT2D eigenvalue weighted by atomic mass is 9.94. The zero-order valence-corrected chi connectivity index (χ0v) is 10.4. The second-order valence-corrected chi connectivity index (χ2v) is 4.63. The van der Waals surface area contributed by atoms with E-state index >= 15 is 0 Å². The van der Waals surface area contributed by atoms with Crippen LogP contribution in [0.2, 0.25) is 0 Å². The van der Waals surface area contributed by atoms with Gasteiger partial charge in [0.25, 0.3) is 0 Å². The number of fused-ring (bicyclic) bond motifs is 3. The number of carboxylic acid groups (broad SMARTS) is 1. The molecule has 0 bridgehead atoms. The highest BCUT2D eigenvalue weighted by atomic mass is 16.7. The fourth-order valence-corrected chi connectivity index (χ4v) is 2.83. The van der Waals surface area contributed by atoms with Crippen molar-refractivity contribution < 1.29 is 14.6 Å². The maximum atomic E-state index is 10.4. The number of benzene rings is 2. The van der Waals surface area contributed by atoms with E-state index in [0.29, 0.717) is 6.42 Å². The second kappa shape index (κ2) is 4.76. The van der Waals surface area contributed by atoms with Crippen LogP contribution in [0.3, 0.4) is 0 Å². The first-order chi connectivity index (χ1) is 9.27. The third-order valence-corrected chi connectivity index (χ3v) is 3.59. The van der Waals surface area contributed by atoms with Crippen LogP contribution < -0.4 is 0 Å². The van der Waals surface area contributed by atoms with Crippen molar-refractivity contribution in [1.29, 1.82) is 0 Å². The Bertz CT molecular complexity index is 573. The molecule has 1 aliphatic carbocycles. The van der Waals surface area contributed by atoms with Gasteiger partial charge >= 0.3 is 6.16 Å². The minimum Gasteiger partial charge on any atom is -0.450 e. The van der Waals surface area contributed by atoms with Gasteiger partial charge in [0, 0.05) is 5.92 Å². The minimum atomic E-state index is -1.21. The van der Waals surface area contributed by atoms with Gasteiger partial charge in [0.15, 0.2) is 0 Å². The van der Waals surface area contributed by atoms with E-state index in [0.717, 1.165) is 0 Å². The molecule has 0 aliphatic heterocycles. The predicted octanol–water partition coefficient (Wildman–Crippen LogP) is 3.88. The molecule has 0 spiro atoms. The van der Waals surface area contributed by atoms with Gasteiger partial charge in [-0.1, -0.05) is 48.5 Å². The standard InChI is InChI=1S/C16H14O3/c17-16(18)19-10-9-15-13-7-3-1-5-11(13)12-6-2-4-8-14(12)15/h1-8,15H,9-10H2,(H,17,18). The summed E-state index contributed by atoms with van der Waals surface area (Å²) < 4.78 is 4.65. The first kappa shape index (κ1) is 11.8. The monoisotopic (exact) mass is 254 g/mol. The summed E-state index contributed by atoms with van der Waals surface area (Å²) in [7, 11) is 0. The fraction of sp³-hybridized carbons (Fsp3) is 0.188. The summed E-state index contributed by atoms with van der Waals surface area (Å²) in [5.41, 5.74) is 5.02. The summed E-state index contributed by atoms with van der Waals surface area (Å²) in [6.07, 6.45) is -0.528. The molecule has 0 amide bonds. The lowest BCUT2D eigenvalue weighted by Gasteiger charge is -2.12. The van der Waals surface area contributed by atoms with Crippen molar-refractivity contribution in [1.82, 2.24) is 0 Å². The molecule has 3 heteroatoms. The van der Waals surface area contributed by atoms with Gasteiger partial charge in [0.05, 0.1) is 6.61 Å². The quantitative estimate of drug-likeness (QED) is 0.845. The smallest absolute Gasteiger partial charge is 0.450 e. The third kappa shape index (κ3) is 2.08. The van der Waals surface area contributed by atoms with Gasteiger partial charge in [0.2, 0.25) is 0 Å². The van der Waals surface area contributed by atoms with Crippen molar-refractivity contribution in [2.45, 2.75) is 12.3 Å². The Kier molecular flexibility index (Phi) is 2.95. The molecular weight excluding hydrogens is 240 g/mol. The molecule has 0 fully saturated rings. The Hall–Kier alpha value is -2.29. The summed E-state index contributed by atoms with van der Waals surface area (Å²) in [6.45, 7) is 0.225. The zero-order chi connectivity index (χ0) is 13.2. The summed E-state index contributed by atoms with van der Waals surface area (Å²) in [5.74, 6) is 0.228. The average Bonchev–Trinajstić information content (AvgIpc) is 2.74. The maximum Gasteiger partial charge on any atom is 0.505 e. The molecule has 0 radical (unpaired) electrons. The van der Waals surface area contributed by atoms with Crippen molar-refractivity contribution in [2.75, 3.05) is 6.61 Å². The Morgan fingerprint density at radius 2 is 1.53 bits per heavy atom. The van der Waals surface area contributed by atoms with Gasteiger partial charge in [-0.3, -0.25) is 0 Å². The van der Waals surface area contributed by atoms with Crippen LogP contribution in [0.4, 0.5) is 4.79 Å². The molecule has 19 heavy (non-hydrogen) atoms. The van der Waals surface area contributed by atoms with Crippen LogP contribution in [0.25, 0.3) is 11.1 Å². The lowest BCUT2D eigenvalue weighted by molar-refractivity contribution is 0.0897. The van der Waals surface area contributed by atoms with Gasteiger partial charge in [-0.2, -0.15) is 0 Å². The van der Waals surface area contributed by atoms with Crippen molar-refractivity contribution in [2.24, 2.45) is 0 Å². The second-order valence-electron chi connectivity index (χ2n) is 4.63. The van der Waals surface area contributed by atoms with E-state index in [1.54, 1.807) is 0 Å².